The summed E-state index contributed by atoms with van der Waals surface area (Å²) in [7, 11) is 0. The van der Waals surface area contributed by atoms with E-state index in [1.807, 2.05) is 30.3 Å². The van der Waals surface area contributed by atoms with Crippen molar-refractivity contribution in [3.05, 3.63) is 101 Å². The molecule has 7 heteroatoms. The van der Waals surface area contributed by atoms with Crippen LogP contribution in [-0.2, 0) is 0 Å². The third kappa shape index (κ3) is 2.98. The van der Waals surface area contributed by atoms with Crippen LogP contribution in [-0.4, -0.2) is 24.5 Å². The summed E-state index contributed by atoms with van der Waals surface area (Å²) in [6, 6.07) is 19.0. The third-order valence-corrected chi connectivity index (χ3v) is 4.61. The number of rotatable bonds is 3. The number of pyridine rings is 1. The lowest BCUT2D eigenvalue weighted by Gasteiger charge is -2.10. The molecule has 0 amide bonds. The maximum Gasteiger partial charge on any atom is 0.209 e. The number of hydrogen-bond donors (Lipinski definition) is 0. The zero-order valence-electron chi connectivity index (χ0n) is 15.1. The molecule has 0 spiro atoms. The Morgan fingerprint density at radius 2 is 1.76 bits per heavy atom. The second kappa shape index (κ2) is 6.79. The number of nitrogens with zero attached hydrogens (tertiary/aromatic N) is 5. The van der Waals surface area contributed by atoms with Crippen molar-refractivity contribution in [2.45, 2.75) is 0 Å². The minimum Gasteiger partial charge on any atom is -0.287 e. The standard InChI is InChI=1S/C22H14FN5O/c23-17-6-2-4-8-19(17)28-20(9-11-25-28)22-21(29)10-12-27(26-22)16-13-15-5-1-3-7-18(15)24-14-16/h1-14H. The lowest BCUT2D eigenvalue weighted by Crippen LogP contribution is -2.15. The quantitative estimate of drug-likeness (QED) is 0.476. The van der Waals surface area contributed by atoms with Crippen LogP contribution in [0.25, 0.3) is 33.7 Å². The van der Waals surface area contributed by atoms with Crippen LogP contribution in [0.4, 0.5) is 4.39 Å². The van der Waals surface area contributed by atoms with E-state index >= 15 is 0 Å². The van der Waals surface area contributed by atoms with Crippen molar-refractivity contribution in [3.63, 3.8) is 0 Å². The third-order valence-electron chi connectivity index (χ3n) is 4.61. The summed E-state index contributed by atoms with van der Waals surface area (Å²) in [6.45, 7) is 0. The molecule has 0 aliphatic rings. The van der Waals surface area contributed by atoms with Gasteiger partial charge >= 0.3 is 0 Å². The summed E-state index contributed by atoms with van der Waals surface area (Å²) >= 11 is 0. The SMILES string of the molecule is O=c1ccn(-c2cnc3ccccc3c2)nc1-c1ccnn1-c1ccccc1F. The fraction of sp³-hybridized carbons (Fsp3) is 0. The van der Waals surface area contributed by atoms with E-state index < -0.39 is 5.82 Å². The largest absolute Gasteiger partial charge is 0.287 e. The Hall–Kier alpha value is -4.13. The summed E-state index contributed by atoms with van der Waals surface area (Å²) < 4.78 is 17.2. The fourth-order valence-corrected chi connectivity index (χ4v) is 3.21. The zero-order chi connectivity index (χ0) is 19.8. The van der Waals surface area contributed by atoms with Crippen LogP contribution < -0.4 is 5.43 Å². The lowest BCUT2D eigenvalue weighted by molar-refractivity contribution is 0.611. The first-order valence-corrected chi connectivity index (χ1v) is 8.95. The number of halogens is 1. The number of benzene rings is 2. The molecule has 3 heterocycles. The molecule has 0 unspecified atom stereocenters. The summed E-state index contributed by atoms with van der Waals surface area (Å²) in [5.74, 6) is -0.438. The van der Waals surface area contributed by atoms with Gasteiger partial charge in [0.1, 0.15) is 11.5 Å². The maximum atomic E-state index is 14.3. The van der Waals surface area contributed by atoms with Gasteiger partial charge in [0, 0.05) is 17.6 Å². The van der Waals surface area contributed by atoms with Crippen LogP contribution >= 0.6 is 0 Å². The highest BCUT2D eigenvalue weighted by Crippen LogP contribution is 2.21. The predicted molar refractivity (Wildman–Crippen MR) is 108 cm³/mol. The Morgan fingerprint density at radius 1 is 0.931 bits per heavy atom. The molecule has 0 aliphatic heterocycles. The van der Waals surface area contributed by atoms with Gasteiger partial charge in [-0.2, -0.15) is 10.2 Å². The molecule has 6 nitrogen and oxygen atoms in total. The number of aromatic nitrogens is 5. The Balaban J connectivity index is 1.66. The fourth-order valence-electron chi connectivity index (χ4n) is 3.21. The summed E-state index contributed by atoms with van der Waals surface area (Å²) in [5.41, 5.74) is 2.12. The van der Waals surface area contributed by atoms with Gasteiger partial charge in [-0.3, -0.25) is 9.78 Å². The average Bonchev–Trinajstić information content (AvgIpc) is 3.23. The van der Waals surface area contributed by atoms with E-state index in [9.17, 15) is 9.18 Å². The molecular weight excluding hydrogens is 369 g/mol. The van der Waals surface area contributed by atoms with Crippen LogP contribution in [0.3, 0.4) is 0 Å². The highest BCUT2D eigenvalue weighted by atomic mass is 19.1. The van der Waals surface area contributed by atoms with Gasteiger partial charge in [0.05, 0.1) is 29.3 Å². The first-order valence-electron chi connectivity index (χ1n) is 8.95. The minimum absolute atomic E-state index is 0.168. The van der Waals surface area contributed by atoms with E-state index in [1.54, 1.807) is 41.3 Å². The topological polar surface area (TPSA) is 65.6 Å². The van der Waals surface area contributed by atoms with Crippen LogP contribution in [0.5, 0.6) is 0 Å². The highest BCUT2D eigenvalue weighted by Gasteiger charge is 2.15. The van der Waals surface area contributed by atoms with Gasteiger partial charge in [0.25, 0.3) is 0 Å². The first kappa shape index (κ1) is 17.0. The Labute approximate surface area is 164 Å². The molecule has 0 bridgehead atoms. The van der Waals surface area contributed by atoms with Gasteiger partial charge in [-0.05, 0) is 30.3 Å². The molecule has 0 radical (unpaired) electrons. The Bertz CT molecular complexity index is 1410. The highest BCUT2D eigenvalue weighted by molar-refractivity contribution is 5.80. The van der Waals surface area contributed by atoms with Gasteiger partial charge in [-0.1, -0.05) is 30.3 Å². The van der Waals surface area contributed by atoms with E-state index in [2.05, 4.69) is 15.2 Å². The molecule has 0 saturated heterocycles. The lowest BCUT2D eigenvalue weighted by atomic mass is 10.2. The van der Waals surface area contributed by atoms with E-state index in [4.69, 9.17) is 0 Å². The molecule has 0 saturated carbocycles. The molecule has 0 fully saturated rings. The summed E-state index contributed by atoms with van der Waals surface area (Å²) in [4.78, 5) is 17.0. The van der Waals surface area contributed by atoms with Crippen LogP contribution in [0.2, 0.25) is 0 Å². The van der Waals surface area contributed by atoms with Crippen molar-refractivity contribution < 1.29 is 4.39 Å². The monoisotopic (exact) mass is 383 g/mol. The van der Waals surface area contributed by atoms with Crippen LogP contribution in [0, 0.1) is 5.82 Å². The van der Waals surface area contributed by atoms with Gasteiger partial charge in [0.15, 0.2) is 5.69 Å². The minimum atomic E-state index is -0.438. The van der Waals surface area contributed by atoms with Crippen molar-refractivity contribution >= 4 is 10.9 Å². The van der Waals surface area contributed by atoms with Crippen molar-refractivity contribution in [2.24, 2.45) is 0 Å². The van der Waals surface area contributed by atoms with Crippen molar-refractivity contribution in [3.8, 4) is 22.8 Å². The van der Waals surface area contributed by atoms with E-state index in [-0.39, 0.29) is 16.8 Å². The second-order valence-corrected chi connectivity index (χ2v) is 6.44. The summed E-state index contributed by atoms with van der Waals surface area (Å²) in [6.07, 6.45) is 4.79. The molecule has 140 valence electrons. The smallest absolute Gasteiger partial charge is 0.209 e. The molecule has 3 aromatic heterocycles. The molecule has 0 N–H and O–H groups in total. The van der Waals surface area contributed by atoms with Crippen molar-refractivity contribution in [2.75, 3.05) is 0 Å². The van der Waals surface area contributed by atoms with Crippen LogP contribution in [0.1, 0.15) is 0 Å². The number of fused-ring (bicyclic) bond motifs is 1. The van der Waals surface area contributed by atoms with E-state index in [1.165, 1.54) is 23.0 Å². The first-order chi connectivity index (χ1) is 14.2. The molecule has 2 aromatic carbocycles. The predicted octanol–water partition coefficient (Wildman–Crippen LogP) is 3.77. The molecule has 0 atom stereocenters. The zero-order valence-corrected chi connectivity index (χ0v) is 15.1. The summed E-state index contributed by atoms with van der Waals surface area (Å²) in [5, 5.41) is 9.63. The molecule has 5 aromatic rings. The Kier molecular flexibility index (Phi) is 3.98. The Morgan fingerprint density at radius 3 is 2.66 bits per heavy atom. The molecular formula is C22H14FN5O. The second-order valence-electron chi connectivity index (χ2n) is 6.44. The van der Waals surface area contributed by atoms with Gasteiger partial charge in [-0.25, -0.2) is 13.8 Å². The van der Waals surface area contributed by atoms with Crippen LogP contribution in [0.15, 0.2) is 90.1 Å². The van der Waals surface area contributed by atoms with E-state index in [0.717, 1.165) is 10.9 Å². The van der Waals surface area contributed by atoms with Crippen molar-refractivity contribution in [1.29, 1.82) is 0 Å². The average molecular weight is 383 g/mol. The number of hydrogen-bond acceptors (Lipinski definition) is 4. The van der Waals surface area contributed by atoms with Gasteiger partial charge in [0.2, 0.25) is 5.43 Å². The molecule has 0 aliphatic carbocycles. The normalized spacial score (nSPS) is 11.1. The molecule has 29 heavy (non-hydrogen) atoms. The van der Waals surface area contributed by atoms with Crippen molar-refractivity contribution in [1.82, 2.24) is 24.5 Å². The van der Waals surface area contributed by atoms with E-state index in [0.29, 0.717) is 11.4 Å². The van der Waals surface area contributed by atoms with Gasteiger partial charge in [-0.15, -0.1) is 0 Å². The molecule has 5 rings (SSSR count). The number of para-hydroxylation sites is 2. The maximum absolute atomic E-state index is 14.3. The van der Waals surface area contributed by atoms with Gasteiger partial charge < -0.3 is 0 Å².